The van der Waals surface area contributed by atoms with Gasteiger partial charge in [0.25, 0.3) is 0 Å². The van der Waals surface area contributed by atoms with Gasteiger partial charge in [0.2, 0.25) is 0 Å². The number of nitrogens with zero attached hydrogens (tertiary/aromatic N) is 4. The third-order valence-corrected chi connectivity index (χ3v) is 5.44. The molecule has 0 spiro atoms. The fraction of sp³-hybridized carbons (Fsp3) is 0.545. The van der Waals surface area contributed by atoms with Crippen LogP contribution in [0.25, 0.3) is 5.69 Å². The molecule has 1 aliphatic rings. The molecule has 6 heteroatoms. The highest BCUT2D eigenvalue weighted by Crippen LogP contribution is 2.16. The molecule has 2 aromatic rings. The van der Waals surface area contributed by atoms with Gasteiger partial charge in [-0.05, 0) is 56.8 Å². The molecule has 1 unspecified atom stereocenters. The minimum atomic E-state index is 0.739. The van der Waals surface area contributed by atoms with Crippen molar-refractivity contribution < 1.29 is 0 Å². The minimum absolute atomic E-state index is 0.739. The van der Waals surface area contributed by atoms with Gasteiger partial charge in [-0.3, -0.25) is 4.99 Å². The molecular formula is C22H34N6. The van der Waals surface area contributed by atoms with Crippen LogP contribution < -0.4 is 10.6 Å². The van der Waals surface area contributed by atoms with Crippen LogP contribution in [0, 0.1) is 0 Å². The summed E-state index contributed by atoms with van der Waals surface area (Å²) in [5.74, 6) is 0.877. The maximum Gasteiger partial charge on any atom is 0.190 e. The van der Waals surface area contributed by atoms with Gasteiger partial charge in [-0.1, -0.05) is 24.6 Å². The Morgan fingerprint density at radius 2 is 2.00 bits per heavy atom. The van der Waals surface area contributed by atoms with Crippen LogP contribution in [-0.4, -0.2) is 59.9 Å². The van der Waals surface area contributed by atoms with E-state index in [0.29, 0.717) is 0 Å². The normalized spacial score (nSPS) is 18.2. The molecule has 152 valence electrons. The van der Waals surface area contributed by atoms with Crippen LogP contribution in [0.15, 0.2) is 47.7 Å². The zero-order valence-electron chi connectivity index (χ0n) is 17.3. The first-order valence-electron chi connectivity index (χ1n) is 10.5. The smallest absolute Gasteiger partial charge is 0.190 e. The highest BCUT2D eigenvalue weighted by atomic mass is 15.3. The summed E-state index contributed by atoms with van der Waals surface area (Å²) < 4.78 is 1.92. The molecule has 0 saturated carbocycles. The summed E-state index contributed by atoms with van der Waals surface area (Å²) in [5.41, 5.74) is 2.30. The predicted octanol–water partition coefficient (Wildman–Crippen LogP) is 2.84. The summed E-state index contributed by atoms with van der Waals surface area (Å²) in [6, 6.07) is 10.9. The molecule has 6 nitrogen and oxygen atoms in total. The largest absolute Gasteiger partial charge is 0.356 e. The number of hydrogen-bond acceptors (Lipinski definition) is 3. The Bertz CT molecular complexity index is 724. The van der Waals surface area contributed by atoms with Crippen LogP contribution in [0.4, 0.5) is 0 Å². The van der Waals surface area contributed by atoms with Gasteiger partial charge in [0.05, 0.1) is 11.9 Å². The summed E-state index contributed by atoms with van der Waals surface area (Å²) in [6.45, 7) is 6.57. The summed E-state index contributed by atoms with van der Waals surface area (Å²) >= 11 is 0. The number of nitrogens with one attached hydrogen (secondary N) is 2. The van der Waals surface area contributed by atoms with Crippen molar-refractivity contribution in [1.82, 2.24) is 25.3 Å². The highest BCUT2D eigenvalue weighted by molar-refractivity contribution is 5.79. The Kier molecular flexibility index (Phi) is 7.91. The molecular weight excluding hydrogens is 348 g/mol. The van der Waals surface area contributed by atoms with Gasteiger partial charge in [-0.15, -0.1) is 0 Å². The van der Waals surface area contributed by atoms with E-state index in [1.807, 2.05) is 36.1 Å². The Morgan fingerprint density at radius 3 is 2.79 bits per heavy atom. The fourth-order valence-electron chi connectivity index (χ4n) is 3.74. The van der Waals surface area contributed by atoms with E-state index in [-0.39, 0.29) is 0 Å². The zero-order valence-corrected chi connectivity index (χ0v) is 17.3. The quantitative estimate of drug-likeness (QED) is 0.419. The van der Waals surface area contributed by atoms with E-state index in [1.54, 1.807) is 0 Å². The van der Waals surface area contributed by atoms with Crippen molar-refractivity contribution in [2.45, 2.75) is 45.1 Å². The number of hydrogen-bond donors (Lipinski definition) is 2. The lowest BCUT2D eigenvalue weighted by atomic mass is 10.0. The monoisotopic (exact) mass is 382 g/mol. The van der Waals surface area contributed by atoms with Crippen molar-refractivity contribution >= 4 is 5.96 Å². The van der Waals surface area contributed by atoms with E-state index in [2.05, 4.69) is 50.9 Å². The van der Waals surface area contributed by atoms with Gasteiger partial charge in [-0.2, -0.15) is 5.10 Å². The van der Waals surface area contributed by atoms with Gasteiger partial charge >= 0.3 is 0 Å². The lowest BCUT2D eigenvalue weighted by molar-refractivity contribution is 0.159. The average molecular weight is 383 g/mol. The Balaban J connectivity index is 1.34. The number of aliphatic imine (C=N–C) groups is 1. The number of benzene rings is 1. The molecule has 1 saturated heterocycles. The van der Waals surface area contributed by atoms with Gasteiger partial charge < -0.3 is 15.5 Å². The summed E-state index contributed by atoms with van der Waals surface area (Å²) in [6.07, 6.45) is 10.2. The molecule has 0 radical (unpaired) electrons. The SMILES string of the molecule is CN=C(NCCCN1CCCCC1C)NCCc1cnn(-c2ccccc2)c1. The lowest BCUT2D eigenvalue weighted by Gasteiger charge is -2.33. The van der Waals surface area contributed by atoms with Crippen molar-refractivity contribution in [1.29, 1.82) is 0 Å². The second kappa shape index (κ2) is 10.9. The first kappa shape index (κ1) is 20.4. The van der Waals surface area contributed by atoms with Crippen LogP contribution in [0.5, 0.6) is 0 Å². The summed E-state index contributed by atoms with van der Waals surface area (Å²) in [5, 5.41) is 11.3. The predicted molar refractivity (Wildman–Crippen MR) is 116 cm³/mol. The molecule has 2 heterocycles. The van der Waals surface area contributed by atoms with E-state index >= 15 is 0 Å². The fourth-order valence-corrected chi connectivity index (χ4v) is 3.74. The third kappa shape index (κ3) is 6.09. The molecule has 1 aromatic heterocycles. The standard InChI is InChI=1S/C22H34N6/c1-19-9-6-7-15-27(19)16-8-13-24-22(23-2)25-14-12-20-17-26-28(18-20)21-10-4-3-5-11-21/h3-5,10-11,17-19H,6-9,12-16H2,1-2H3,(H2,23,24,25). The van der Waals surface area contributed by atoms with Crippen molar-refractivity contribution in [3.05, 3.63) is 48.3 Å². The number of guanidine groups is 1. The van der Waals surface area contributed by atoms with Crippen LogP contribution in [0.3, 0.4) is 0 Å². The lowest BCUT2D eigenvalue weighted by Crippen LogP contribution is -2.41. The molecule has 1 aromatic carbocycles. The van der Waals surface area contributed by atoms with Gasteiger partial charge in [0.15, 0.2) is 5.96 Å². The average Bonchev–Trinajstić information content (AvgIpc) is 3.20. The molecule has 3 rings (SSSR count). The minimum Gasteiger partial charge on any atom is -0.356 e. The number of likely N-dealkylation sites (tertiary alicyclic amines) is 1. The van der Waals surface area contributed by atoms with Crippen LogP contribution in [-0.2, 0) is 6.42 Å². The Labute approximate surface area is 169 Å². The number of para-hydroxylation sites is 1. The molecule has 0 aliphatic carbocycles. The van der Waals surface area contributed by atoms with Crippen molar-refractivity contribution in [2.75, 3.05) is 33.2 Å². The summed E-state index contributed by atoms with van der Waals surface area (Å²) in [7, 11) is 1.83. The molecule has 2 N–H and O–H groups in total. The second-order valence-electron chi connectivity index (χ2n) is 7.54. The third-order valence-electron chi connectivity index (χ3n) is 5.44. The van der Waals surface area contributed by atoms with E-state index in [1.165, 1.54) is 37.9 Å². The van der Waals surface area contributed by atoms with Crippen LogP contribution in [0.2, 0.25) is 0 Å². The molecule has 0 amide bonds. The topological polar surface area (TPSA) is 57.5 Å². The Morgan fingerprint density at radius 1 is 1.18 bits per heavy atom. The maximum atomic E-state index is 4.45. The van der Waals surface area contributed by atoms with Crippen LogP contribution >= 0.6 is 0 Å². The van der Waals surface area contributed by atoms with E-state index in [0.717, 1.165) is 43.6 Å². The first-order chi connectivity index (χ1) is 13.8. The number of aromatic nitrogens is 2. The second-order valence-corrected chi connectivity index (χ2v) is 7.54. The Hall–Kier alpha value is -2.34. The van der Waals surface area contributed by atoms with E-state index in [9.17, 15) is 0 Å². The molecule has 1 atom stereocenters. The van der Waals surface area contributed by atoms with E-state index in [4.69, 9.17) is 0 Å². The van der Waals surface area contributed by atoms with Gasteiger partial charge in [0, 0.05) is 38.9 Å². The van der Waals surface area contributed by atoms with Gasteiger partial charge in [0.1, 0.15) is 0 Å². The van der Waals surface area contributed by atoms with Crippen LogP contribution in [0.1, 0.15) is 38.2 Å². The zero-order chi connectivity index (χ0) is 19.6. The number of piperidine rings is 1. The highest BCUT2D eigenvalue weighted by Gasteiger charge is 2.17. The molecule has 0 bridgehead atoms. The summed E-state index contributed by atoms with van der Waals surface area (Å²) in [4.78, 5) is 6.95. The molecule has 1 aliphatic heterocycles. The van der Waals surface area contributed by atoms with Gasteiger partial charge in [-0.25, -0.2) is 4.68 Å². The van der Waals surface area contributed by atoms with Crippen molar-refractivity contribution in [3.8, 4) is 5.69 Å². The first-order valence-corrected chi connectivity index (χ1v) is 10.5. The molecule has 1 fully saturated rings. The maximum absolute atomic E-state index is 4.45. The molecule has 28 heavy (non-hydrogen) atoms. The van der Waals surface area contributed by atoms with Crippen molar-refractivity contribution in [2.24, 2.45) is 4.99 Å². The number of rotatable bonds is 8. The van der Waals surface area contributed by atoms with Crippen molar-refractivity contribution in [3.63, 3.8) is 0 Å². The van der Waals surface area contributed by atoms with E-state index < -0.39 is 0 Å².